The summed E-state index contributed by atoms with van der Waals surface area (Å²) in [5, 5.41) is 11.3. The summed E-state index contributed by atoms with van der Waals surface area (Å²) in [7, 11) is 3.48. The summed E-state index contributed by atoms with van der Waals surface area (Å²) in [5.41, 5.74) is 5.49. The van der Waals surface area contributed by atoms with Crippen molar-refractivity contribution in [1.29, 1.82) is 0 Å². The fourth-order valence-electron chi connectivity index (χ4n) is 3.80. The Bertz CT molecular complexity index is 1360. The Morgan fingerprint density at radius 3 is 2.58 bits per heavy atom. The molecule has 0 fully saturated rings. The number of hydrogen-bond acceptors (Lipinski definition) is 5. The molecule has 0 aliphatic carbocycles. The van der Waals surface area contributed by atoms with Crippen molar-refractivity contribution < 1.29 is 4.79 Å². The molecule has 3 N–H and O–H groups in total. The third-order valence-electron chi connectivity index (χ3n) is 5.71. The van der Waals surface area contributed by atoms with E-state index in [1.54, 1.807) is 25.2 Å². The quantitative estimate of drug-likeness (QED) is 0.445. The molecule has 0 radical (unpaired) electrons. The lowest BCUT2D eigenvalue weighted by atomic mass is 10.1. The van der Waals surface area contributed by atoms with E-state index >= 15 is 0 Å². The fraction of sp³-hybridized carbons (Fsp3) is 0.200. The molecule has 0 spiro atoms. The van der Waals surface area contributed by atoms with Crippen LogP contribution in [-0.2, 0) is 0 Å². The highest BCUT2D eigenvalue weighted by atomic mass is 16.2. The van der Waals surface area contributed by atoms with Crippen molar-refractivity contribution >= 4 is 34.2 Å². The van der Waals surface area contributed by atoms with E-state index in [4.69, 9.17) is 4.99 Å². The van der Waals surface area contributed by atoms with Crippen LogP contribution in [0.25, 0.3) is 22.0 Å². The number of carbonyl (C=O) groups excluding carboxylic acids is 1. The van der Waals surface area contributed by atoms with E-state index in [9.17, 15) is 4.79 Å². The zero-order chi connectivity index (χ0) is 22.9. The van der Waals surface area contributed by atoms with Crippen LogP contribution in [0, 0.1) is 5.92 Å². The van der Waals surface area contributed by atoms with E-state index in [1.807, 2.05) is 42.6 Å². The predicted molar refractivity (Wildman–Crippen MR) is 132 cm³/mol. The number of carbonyl (C=O) groups is 1. The number of H-pyrrole nitrogens is 2. The van der Waals surface area contributed by atoms with Gasteiger partial charge in [0.2, 0.25) is 0 Å². The zero-order valence-electron chi connectivity index (χ0n) is 18.8. The van der Waals surface area contributed by atoms with Crippen LogP contribution in [0.2, 0.25) is 0 Å². The van der Waals surface area contributed by atoms with E-state index in [1.165, 1.54) is 0 Å². The number of hydrogen-bond donors (Lipinski definition) is 3. The maximum Gasteiger partial charge on any atom is 0.269 e. The highest BCUT2D eigenvalue weighted by molar-refractivity contribution is 6.13. The number of aromatic nitrogens is 3. The van der Waals surface area contributed by atoms with Crippen LogP contribution in [0.1, 0.15) is 23.0 Å². The molecule has 166 valence electrons. The summed E-state index contributed by atoms with van der Waals surface area (Å²) < 4.78 is 0. The van der Waals surface area contributed by atoms with Crippen molar-refractivity contribution in [2.75, 3.05) is 26.0 Å². The van der Waals surface area contributed by atoms with Gasteiger partial charge in [-0.1, -0.05) is 31.2 Å². The molecular weight excluding hydrogens is 414 g/mol. The number of rotatable bonds is 4. The first-order valence-corrected chi connectivity index (χ1v) is 10.8. The van der Waals surface area contributed by atoms with E-state index in [-0.39, 0.29) is 11.8 Å². The normalized spacial score (nSPS) is 15.8. The highest BCUT2D eigenvalue weighted by Gasteiger charge is 2.19. The number of amides is 1. The largest absolute Gasteiger partial charge is 0.351 e. The standard InChI is InChI=1S/C25H25N7O/c1-15-12-26-24(18-5-4-17-10-22(25(33)32(2)3)30-21(17)11-18)31-23(15)29-20-8-6-16(7-9-20)19-13-27-28-14-19/h4-11,13-15,30H,12H2,1-3H3,(H,27,28)(H,26,29,31). The van der Waals surface area contributed by atoms with Crippen LogP contribution in [0.5, 0.6) is 0 Å². The lowest BCUT2D eigenvalue weighted by Gasteiger charge is -2.20. The molecule has 5 rings (SSSR count). The van der Waals surface area contributed by atoms with Crippen molar-refractivity contribution in [2.24, 2.45) is 15.9 Å². The summed E-state index contributed by atoms with van der Waals surface area (Å²) in [4.78, 5) is 26.6. The van der Waals surface area contributed by atoms with Gasteiger partial charge in [0.15, 0.2) is 5.84 Å². The molecule has 1 atom stereocenters. The summed E-state index contributed by atoms with van der Waals surface area (Å²) >= 11 is 0. The molecule has 1 amide bonds. The summed E-state index contributed by atoms with van der Waals surface area (Å²) in [5.74, 6) is 1.69. The van der Waals surface area contributed by atoms with Gasteiger partial charge in [0, 0.05) is 53.9 Å². The Hall–Kier alpha value is -4.20. The van der Waals surface area contributed by atoms with Gasteiger partial charge in [-0.05, 0) is 29.8 Å². The average molecular weight is 440 g/mol. The summed E-state index contributed by atoms with van der Waals surface area (Å²) in [6, 6.07) is 16.0. The van der Waals surface area contributed by atoms with E-state index in [0.29, 0.717) is 18.1 Å². The van der Waals surface area contributed by atoms with Crippen molar-refractivity contribution in [3.05, 3.63) is 72.2 Å². The Labute approximate surface area is 191 Å². The molecule has 8 heteroatoms. The third kappa shape index (κ3) is 4.15. The third-order valence-corrected chi connectivity index (χ3v) is 5.71. The molecule has 0 saturated carbocycles. The van der Waals surface area contributed by atoms with Gasteiger partial charge in [-0.25, -0.2) is 4.99 Å². The molecule has 33 heavy (non-hydrogen) atoms. The first-order chi connectivity index (χ1) is 16.0. The minimum Gasteiger partial charge on any atom is -0.351 e. The molecule has 2 aromatic heterocycles. The number of amidine groups is 2. The maximum atomic E-state index is 12.3. The Morgan fingerprint density at radius 1 is 1.06 bits per heavy atom. The van der Waals surface area contributed by atoms with Crippen LogP contribution in [-0.4, -0.2) is 58.3 Å². The van der Waals surface area contributed by atoms with Crippen LogP contribution in [0.3, 0.4) is 0 Å². The summed E-state index contributed by atoms with van der Waals surface area (Å²) in [6.07, 6.45) is 3.68. The van der Waals surface area contributed by atoms with Gasteiger partial charge in [-0.2, -0.15) is 5.10 Å². The molecular formula is C25H25N7O. The van der Waals surface area contributed by atoms with E-state index in [0.717, 1.165) is 39.1 Å². The van der Waals surface area contributed by atoms with Gasteiger partial charge in [-0.15, -0.1) is 0 Å². The number of aliphatic imine (C=N–C) groups is 2. The summed E-state index contributed by atoms with van der Waals surface area (Å²) in [6.45, 7) is 2.76. The topological polar surface area (TPSA) is 102 Å². The second-order valence-corrected chi connectivity index (χ2v) is 8.44. The van der Waals surface area contributed by atoms with Gasteiger partial charge in [0.25, 0.3) is 5.91 Å². The molecule has 1 unspecified atom stereocenters. The smallest absolute Gasteiger partial charge is 0.269 e. The van der Waals surface area contributed by atoms with Crippen molar-refractivity contribution in [3.8, 4) is 11.1 Å². The number of benzene rings is 2. The molecule has 0 saturated heterocycles. The van der Waals surface area contributed by atoms with Crippen LogP contribution >= 0.6 is 0 Å². The lowest BCUT2D eigenvalue weighted by Crippen LogP contribution is -2.28. The zero-order valence-corrected chi connectivity index (χ0v) is 18.8. The molecule has 3 heterocycles. The Morgan fingerprint density at radius 2 is 1.85 bits per heavy atom. The van der Waals surface area contributed by atoms with E-state index in [2.05, 4.69) is 44.5 Å². The minimum atomic E-state index is -0.0557. The maximum absolute atomic E-state index is 12.3. The molecule has 1 aliphatic rings. The Balaban J connectivity index is 1.38. The van der Waals surface area contributed by atoms with Gasteiger partial charge in [0.05, 0.1) is 12.7 Å². The molecule has 0 bridgehead atoms. The molecule has 4 aromatic rings. The second-order valence-electron chi connectivity index (χ2n) is 8.44. The van der Waals surface area contributed by atoms with Gasteiger partial charge < -0.3 is 15.2 Å². The minimum absolute atomic E-state index is 0.0557. The Kier molecular flexibility index (Phi) is 5.26. The number of fused-ring (bicyclic) bond motifs is 1. The highest BCUT2D eigenvalue weighted by Crippen LogP contribution is 2.23. The van der Waals surface area contributed by atoms with Crippen molar-refractivity contribution in [2.45, 2.75) is 6.92 Å². The lowest BCUT2D eigenvalue weighted by molar-refractivity contribution is 0.0823. The van der Waals surface area contributed by atoms with Crippen molar-refractivity contribution in [3.63, 3.8) is 0 Å². The van der Waals surface area contributed by atoms with Crippen LogP contribution in [0.15, 0.2) is 70.9 Å². The fourth-order valence-corrected chi connectivity index (χ4v) is 3.80. The molecule has 8 nitrogen and oxygen atoms in total. The van der Waals surface area contributed by atoms with Crippen LogP contribution in [0.4, 0.5) is 5.69 Å². The van der Waals surface area contributed by atoms with Gasteiger partial charge >= 0.3 is 0 Å². The SMILES string of the molecule is CC1CN=C(c2ccc3cc(C(=O)N(C)C)[nH]c3c2)N=C1Nc1ccc(-c2cn[nH]c2)cc1. The second kappa shape index (κ2) is 8.38. The van der Waals surface area contributed by atoms with Gasteiger partial charge in [0.1, 0.15) is 11.5 Å². The first-order valence-electron chi connectivity index (χ1n) is 10.8. The van der Waals surface area contributed by atoms with Crippen LogP contribution < -0.4 is 5.32 Å². The number of nitrogens with zero attached hydrogens (tertiary/aromatic N) is 4. The number of nitrogens with one attached hydrogen (secondary N) is 3. The van der Waals surface area contributed by atoms with Crippen molar-refractivity contribution in [1.82, 2.24) is 20.1 Å². The predicted octanol–water partition coefficient (Wildman–Crippen LogP) is 4.17. The number of anilines is 1. The van der Waals surface area contributed by atoms with Gasteiger partial charge in [-0.3, -0.25) is 14.9 Å². The monoisotopic (exact) mass is 439 g/mol. The molecule has 2 aromatic carbocycles. The molecule has 1 aliphatic heterocycles. The average Bonchev–Trinajstić information content (AvgIpc) is 3.50. The van der Waals surface area contributed by atoms with E-state index < -0.39 is 0 Å². The first kappa shape index (κ1) is 20.7. The number of aromatic amines is 2.